The first-order chi connectivity index (χ1) is 9.31. The monoisotopic (exact) mass is 263 g/mol. The molecule has 0 aromatic heterocycles. The van der Waals surface area contributed by atoms with Gasteiger partial charge in [0.25, 0.3) is 0 Å². The highest BCUT2D eigenvalue weighted by molar-refractivity contribution is 5.16. The molecule has 3 heteroatoms. The van der Waals surface area contributed by atoms with Crippen LogP contribution in [0.4, 0.5) is 0 Å². The number of aliphatic hydroxyl groups is 1. The summed E-state index contributed by atoms with van der Waals surface area (Å²) in [4.78, 5) is 0. The number of hydrogen-bond acceptors (Lipinski definition) is 3. The van der Waals surface area contributed by atoms with Crippen LogP contribution in [0.2, 0.25) is 0 Å². The molecule has 1 aliphatic rings. The Morgan fingerprint density at radius 2 is 1.89 bits per heavy atom. The zero-order chi connectivity index (χ0) is 13.5. The van der Waals surface area contributed by atoms with Crippen LogP contribution in [0.15, 0.2) is 30.3 Å². The third-order valence-electron chi connectivity index (χ3n) is 4.02. The van der Waals surface area contributed by atoms with Gasteiger partial charge in [-0.15, -0.1) is 0 Å². The maximum Gasteiger partial charge on any atom is 0.0587 e. The highest BCUT2D eigenvalue weighted by Gasteiger charge is 2.22. The van der Waals surface area contributed by atoms with Gasteiger partial charge >= 0.3 is 0 Å². The standard InChI is InChI=1S/C16H25NO2/c1-19-16-9-7-14(8-10-16)17-15(12-18)11-13-5-3-2-4-6-13/h2-6,14-18H,7-12H2,1H3. The van der Waals surface area contributed by atoms with E-state index in [9.17, 15) is 5.11 Å². The van der Waals surface area contributed by atoms with E-state index in [4.69, 9.17) is 4.74 Å². The van der Waals surface area contributed by atoms with Crippen LogP contribution in [0, 0.1) is 0 Å². The van der Waals surface area contributed by atoms with Gasteiger partial charge in [0.1, 0.15) is 0 Å². The van der Waals surface area contributed by atoms with Crippen molar-refractivity contribution in [2.45, 2.75) is 50.3 Å². The summed E-state index contributed by atoms with van der Waals surface area (Å²) in [6.45, 7) is 0.194. The number of ether oxygens (including phenoxy) is 1. The van der Waals surface area contributed by atoms with Crippen LogP contribution in [0.3, 0.4) is 0 Å². The minimum atomic E-state index is 0.159. The molecule has 1 unspecified atom stereocenters. The minimum absolute atomic E-state index is 0.159. The molecule has 106 valence electrons. The number of aliphatic hydroxyl groups excluding tert-OH is 1. The zero-order valence-electron chi connectivity index (χ0n) is 11.7. The highest BCUT2D eigenvalue weighted by Crippen LogP contribution is 2.21. The van der Waals surface area contributed by atoms with E-state index in [0.717, 1.165) is 32.1 Å². The molecular weight excluding hydrogens is 238 g/mol. The minimum Gasteiger partial charge on any atom is -0.395 e. The maximum atomic E-state index is 9.53. The number of hydrogen-bond donors (Lipinski definition) is 2. The molecule has 0 radical (unpaired) electrons. The van der Waals surface area contributed by atoms with E-state index in [2.05, 4.69) is 17.4 Å². The number of rotatable bonds is 6. The molecule has 0 spiro atoms. The second-order valence-corrected chi connectivity index (χ2v) is 5.45. The van der Waals surface area contributed by atoms with Gasteiger partial charge in [0.15, 0.2) is 0 Å². The fraction of sp³-hybridized carbons (Fsp3) is 0.625. The van der Waals surface area contributed by atoms with Crippen LogP contribution >= 0.6 is 0 Å². The lowest BCUT2D eigenvalue weighted by molar-refractivity contribution is 0.0597. The van der Waals surface area contributed by atoms with Crippen molar-refractivity contribution in [1.29, 1.82) is 0 Å². The lowest BCUT2D eigenvalue weighted by Crippen LogP contribution is -2.44. The molecule has 3 nitrogen and oxygen atoms in total. The van der Waals surface area contributed by atoms with Gasteiger partial charge in [-0.1, -0.05) is 30.3 Å². The lowest BCUT2D eigenvalue weighted by atomic mass is 9.92. The SMILES string of the molecule is COC1CCC(NC(CO)Cc2ccccc2)CC1. The zero-order valence-corrected chi connectivity index (χ0v) is 11.7. The molecule has 1 aromatic rings. The van der Waals surface area contributed by atoms with Gasteiger partial charge in [0, 0.05) is 19.2 Å². The first-order valence-corrected chi connectivity index (χ1v) is 7.25. The molecule has 2 N–H and O–H groups in total. The molecule has 0 amide bonds. The Balaban J connectivity index is 1.79. The Morgan fingerprint density at radius 1 is 1.21 bits per heavy atom. The first-order valence-electron chi connectivity index (χ1n) is 7.25. The van der Waals surface area contributed by atoms with Crippen molar-refractivity contribution in [2.75, 3.05) is 13.7 Å². The van der Waals surface area contributed by atoms with E-state index < -0.39 is 0 Å². The summed E-state index contributed by atoms with van der Waals surface area (Å²) in [5.41, 5.74) is 1.28. The second-order valence-electron chi connectivity index (χ2n) is 5.45. The number of benzene rings is 1. The molecule has 1 aliphatic carbocycles. The van der Waals surface area contributed by atoms with Gasteiger partial charge in [-0.25, -0.2) is 0 Å². The van der Waals surface area contributed by atoms with Gasteiger partial charge in [0.2, 0.25) is 0 Å². The van der Waals surface area contributed by atoms with Crippen LogP contribution in [-0.2, 0) is 11.2 Å². The molecular formula is C16H25NO2. The molecule has 1 fully saturated rings. The maximum absolute atomic E-state index is 9.53. The summed E-state index contributed by atoms with van der Waals surface area (Å²) in [6.07, 6.45) is 5.85. The second kappa shape index (κ2) is 7.63. The van der Waals surface area contributed by atoms with Gasteiger partial charge < -0.3 is 15.2 Å². The van der Waals surface area contributed by atoms with E-state index in [0.29, 0.717) is 12.1 Å². The van der Waals surface area contributed by atoms with Crippen LogP contribution < -0.4 is 5.32 Å². The summed E-state index contributed by atoms with van der Waals surface area (Å²) in [5, 5.41) is 13.1. The van der Waals surface area contributed by atoms with Crippen LogP contribution in [-0.4, -0.2) is 37.0 Å². The predicted octanol–water partition coefficient (Wildman–Crippen LogP) is 2.14. The van der Waals surface area contributed by atoms with E-state index in [1.807, 2.05) is 18.2 Å². The summed E-state index contributed by atoms with van der Waals surface area (Å²) >= 11 is 0. The molecule has 0 aliphatic heterocycles. The Hall–Kier alpha value is -0.900. The van der Waals surface area contributed by atoms with Crippen LogP contribution in [0.1, 0.15) is 31.2 Å². The molecule has 0 bridgehead atoms. The van der Waals surface area contributed by atoms with Crippen molar-refractivity contribution in [3.8, 4) is 0 Å². The average Bonchev–Trinajstić information content (AvgIpc) is 2.48. The van der Waals surface area contributed by atoms with Crippen LogP contribution in [0.5, 0.6) is 0 Å². The smallest absolute Gasteiger partial charge is 0.0587 e. The quantitative estimate of drug-likeness (QED) is 0.826. The summed E-state index contributed by atoms with van der Waals surface area (Å²) in [6, 6.07) is 11.0. The van der Waals surface area contributed by atoms with E-state index >= 15 is 0 Å². The van der Waals surface area contributed by atoms with Gasteiger partial charge in [-0.2, -0.15) is 0 Å². The fourth-order valence-electron chi connectivity index (χ4n) is 2.87. The lowest BCUT2D eigenvalue weighted by Gasteiger charge is -2.31. The normalized spacial score (nSPS) is 25.2. The Morgan fingerprint density at radius 3 is 2.47 bits per heavy atom. The average molecular weight is 263 g/mol. The number of nitrogens with one attached hydrogen (secondary N) is 1. The molecule has 2 rings (SSSR count). The topological polar surface area (TPSA) is 41.5 Å². The molecule has 0 heterocycles. The molecule has 19 heavy (non-hydrogen) atoms. The van der Waals surface area contributed by atoms with Crippen molar-refractivity contribution in [3.63, 3.8) is 0 Å². The van der Waals surface area contributed by atoms with Crippen molar-refractivity contribution < 1.29 is 9.84 Å². The first kappa shape index (κ1) is 14.5. The fourth-order valence-corrected chi connectivity index (χ4v) is 2.87. The highest BCUT2D eigenvalue weighted by atomic mass is 16.5. The van der Waals surface area contributed by atoms with Gasteiger partial charge in [-0.05, 0) is 37.7 Å². The summed E-state index contributed by atoms with van der Waals surface area (Å²) in [7, 11) is 1.80. The molecule has 1 atom stereocenters. The summed E-state index contributed by atoms with van der Waals surface area (Å²) < 4.78 is 5.39. The molecule has 1 aromatic carbocycles. The van der Waals surface area contributed by atoms with Gasteiger partial charge in [-0.3, -0.25) is 0 Å². The van der Waals surface area contributed by atoms with Crippen LogP contribution in [0.25, 0.3) is 0 Å². The molecule has 1 saturated carbocycles. The predicted molar refractivity (Wildman–Crippen MR) is 77.2 cm³/mol. The van der Waals surface area contributed by atoms with Crippen molar-refractivity contribution >= 4 is 0 Å². The van der Waals surface area contributed by atoms with Crippen molar-refractivity contribution in [3.05, 3.63) is 35.9 Å². The Bertz CT molecular complexity index is 347. The van der Waals surface area contributed by atoms with E-state index in [1.54, 1.807) is 7.11 Å². The largest absolute Gasteiger partial charge is 0.395 e. The summed E-state index contributed by atoms with van der Waals surface area (Å²) in [5.74, 6) is 0. The van der Waals surface area contributed by atoms with Crippen molar-refractivity contribution in [1.82, 2.24) is 5.32 Å². The number of methoxy groups -OCH3 is 1. The van der Waals surface area contributed by atoms with E-state index in [-0.39, 0.29) is 12.6 Å². The third kappa shape index (κ3) is 4.60. The Kier molecular flexibility index (Phi) is 5.83. The van der Waals surface area contributed by atoms with Gasteiger partial charge in [0.05, 0.1) is 12.7 Å². The van der Waals surface area contributed by atoms with Crippen molar-refractivity contribution in [2.24, 2.45) is 0 Å². The Labute approximate surface area is 116 Å². The molecule has 0 saturated heterocycles. The van der Waals surface area contributed by atoms with E-state index in [1.165, 1.54) is 5.56 Å². The third-order valence-corrected chi connectivity index (χ3v) is 4.02.